The van der Waals surface area contributed by atoms with Gasteiger partial charge in [-0.05, 0) is 18.2 Å². The normalized spacial score (nSPS) is 13.9. The Morgan fingerprint density at radius 1 is 1.35 bits per heavy atom. The summed E-state index contributed by atoms with van der Waals surface area (Å²) in [6, 6.07) is 4.21. The Labute approximate surface area is 121 Å². The van der Waals surface area contributed by atoms with Crippen molar-refractivity contribution < 1.29 is 9.13 Å². The molecule has 0 radical (unpaired) electrons. The molecule has 6 heteroatoms. The van der Waals surface area contributed by atoms with E-state index < -0.39 is 0 Å². The highest BCUT2D eigenvalue weighted by atomic mass is 35.5. The molecule has 1 aromatic carbocycles. The van der Waals surface area contributed by atoms with Crippen LogP contribution in [0.4, 0.5) is 10.2 Å². The van der Waals surface area contributed by atoms with Gasteiger partial charge >= 0.3 is 0 Å². The van der Waals surface area contributed by atoms with Crippen molar-refractivity contribution in [2.45, 2.75) is 13.0 Å². The molecule has 0 saturated heterocycles. The smallest absolute Gasteiger partial charge is 0.163 e. The Hall–Kier alpha value is -1.72. The van der Waals surface area contributed by atoms with Gasteiger partial charge in [0.05, 0.1) is 23.9 Å². The van der Waals surface area contributed by atoms with Gasteiger partial charge in [-0.3, -0.25) is 0 Å². The first-order chi connectivity index (χ1) is 9.69. The van der Waals surface area contributed by atoms with Crippen LogP contribution in [0.3, 0.4) is 0 Å². The number of fused-ring (bicyclic) bond motifs is 1. The summed E-state index contributed by atoms with van der Waals surface area (Å²) in [4.78, 5) is 9.00. The second-order valence-corrected chi connectivity index (χ2v) is 4.91. The number of hydrogen-bond donors (Lipinski definition) is 1. The first-order valence-corrected chi connectivity index (χ1v) is 6.67. The summed E-state index contributed by atoms with van der Waals surface area (Å²) >= 11 is 6.08. The average Bonchev–Trinajstić information content (AvgIpc) is 2.46. The van der Waals surface area contributed by atoms with Crippen molar-refractivity contribution >= 4 is 17.4 Å². The van der Waals surface area contributed by atoms with Gasteiger partial charge in [-0.25, -0.2) is 14.4 Å². The van der Waals surface area contributed by atoms with E-state index in [4.69, 9.17) is 16.3 Å². The second kappa shape index (κ2) is 5.34. The fraction of sp³-hybridized carbons (Fsp3) is 0.286. The van der Waals surface area contributed by atoms with Crippen molar-refractivity contribution in [3.8, 4) is 11.4 Å². The molecule has 0 atom stereocenters. The van der Waals surface area contributed by atoms with Crippen LogP contribution >= 0.6 is 11.6 Å². The van der Waals surface area contributed by atoms with Gasteiger partial charge in [-0.2, -0.15) is 0 Å². The summed E-state index contributed by atoms with van der Waals surface area (Å²) in [5, 5.41) is 3.35. The van der Waals surface area contributed by atoms with Crippen LogP contribution in [0.1, 0.15) is 11.3 Å². The molecule has 3 rings (SSSR count). The lowest BCUT2D eigenvalue weighted by atomic mass is 10.1. The van der Waals surface area contributed by atoms with Crippen LogP contribution in [0, 0.1) is 5.82 Å². The lowest BCUT2D eigenvalue weighted by molar-refractivity contribution is 0.109. The van der Waals surface area contributed by atoms with E-state index in [2.05, 4.69) is 15.3 Å². The highest BCUT2D eigenvalue weighted by Crippen LogP contribution is 2.30. The Balaban J connectivity index is 2.14. The van der Waals surface area contributed by atoms with E-state index in [1.54, 1.807) is 13.1 Å². The molecule has 1 N–H and O–H groups in total. The van der Waals surface area contributed by atoms with Crippen molar-refractivity contribution in [1.82, 2.24) is 9.97 Å². The zero-order chi connectivity index (χ0) is 14.1. The number of nitrogens with one attached hydrogen (secondary N) is 1. The minimum absolute atomic E-state index is 0.305. The van der Waals surface area contributed by atoms with Gasteiger partial charge < -0.3 is 10.1 Å². The number of rotatable bonds is 2. The van der Waals surface area contributed by atoms with Crippen LogP contribution < -0.4 is 5.32 Å². The van der Waals surface area contributed by atoms with Crippen LogP contribution in [-0.2, 0) is 17.8 Å². The molecule has 0 saturated carbocycles. The molecule has 0 bridgehead atoms. The number of anilines is 1. The van der Waals surface area contributed by atoms with E-state index >= 15 is 0 Å². The van der Waals surface area contributed by atoms with Gasteiger partial charge in [0.25, 0.3) is 0 Å². The zero-order valence-electron chi connectivity index (χ0n) is 10.9. The monoisotopic (exact) mass is 293 g/mol. The van der Waals surface area contributed by atoms with E-state index in [1.807, 2.05) is 0 Å². The van der Waals surface area contributed by atoms with Gasteiger partial charge in [0, 0.05) is 24.6 Å². The molecule has 0 fully saturated rings. The standard InChI is InChI=1S/C14H13ClFN3O/c1-17-13-10-7-20-5-4-12(10)18-14(19-13)9-3-2-8(16)6-11(9)15/h2-3,6H,4-5,7H2,1H3,(H,17,18,19). The summed E-state index contributed by atoms with van der Waals surface area (Å²) in [6.45, 7) is 1.15. The van der Waals surface area contributed by atoms with Gasteiger partial charge in [-0.15, -0.1) is 0 Å². The van der Waals surface area contributed by atoms with Crippen LogP contribution in [0.25, 0.3) is 11.4 Å². The van der Waals surface area contributed by atoms with E-state index in [1.165, 1.54) is 12.1 Å². The highest BCUT2D eigenvalue weighted by Gasteiger charge is 2.19. The summed E-state index contributed by atoms with van der Waals surface area (Å²) in [5.41, 5.74) is 2.55. The van der Waals surface area contributed by atoms with Gasteiger partial charge in [-0.1, -0.05) is 11.6 Å². The van der Waals surface area contributed by atoms with Crippen LogP contribution in [-0.4, -0.2) is 23.6 Å². The van der Waals surface area contributed by atoms with Crippen molar-refractivity contribution in [3.63, 3.8) is 0 Å². The molecule has 0 amide bonds. The highest BCUT2D eigenvalue weighted by molar-refractivity contribution is 6.33. The molecule has 104 valence electrons. The lowest BCUT2D eigenvalue weighted by Crippen LogP contribution is -2.16. The number of hydrogen-bond acceptors (Lipinski definition) is 4. The minimum atomic E-state index is -0.376. The van der Waals surface area contributed by atoms with Gasteiger partial charge in [0.1, 0.15) is 11.6 Å². The molecule has 2 heterocycles. The summed E-state index contributed by atoms with van der Waals surface area (Å²) in [7, 11) is 1.80. The fourth-order valence-corrected chi connectivity index (χ4v) is 2.48. The maximum Gasteiger partial charge on any atom is 0.163 e. The zero-order valence-corrected chi connectivity index (χ0v) is 11.7. The molecular formula is C14H13ClFN3O. The summed E-state index contributed by atoms with van der Waals surface area (Å²) < 4.78 is 18.6. The number of aromatic nitrogens is 2. The third kappa shape index (κ3) is 2.34. The molecule has 1 aliphatic rings. The number of halogens is 2. The minimum Gasteiger partial charge on any atom is -0.376 e. The molecule has 0 unspecified atom stereocenters. The van der Waals surface area contributed by atoms with Crippen molar-refractivity contribution in [2.24, 2.45) is 0 Å². The molecular weight excluding hydrogens is 281 g/mol. The number of nitrogens with zero attached hydrogens (tertiary/aromatic N) is 2. The molecule has 1 aliphatic heterocycles. The topological polar surface area (TPSA) is 47.0 Å². The van der Waals surface area contributed by atoms with Crippen LogP contribution in [0.2, 0.25) is 5.02 Å². The van der Waals surface area contributed by atoms with Gasteiger partial charge in [0.15, 0.2) is 5.82 Å². The molecule has 0 spiro atoms. The first-order valence-electron chi connectivity index (χ1n) is 6.29. The van der Waals surface area contributed by atoms with Crippen LogP contribution in [0.5, 0.6) is 0 Å². The van der Waals surface area contributed by atoms with E-state index in [0.717, 1.165) is 23.5 Å². The quantitative estimate of drug-likeness (QED) is 0.924. The summed E-state index contributed by atoms with van der Waals surface area (Å²) in [6.07, 6.45) is 0.734. The predicted octanol–water partition coefficient (Wildman–Crippen LogP) is 3.05. The Morgan fingerprint density at radius 2 is 2.20 bits per heavy atom. The molecule has 4 nitrogen and oxygen atoms in total. The third-order valence-corrected chi connectivity index (χ3v) is 3.54. The van der Waals surface area contributed by atoms with Crippen molar-refractivity contribution in [2.75, 3.05) is 19.0 Å². The van der Waals surface area contributed by atoms with Gasteiger partial charge in [0.2, 0.25) is 0 Å². The largest absolute Gasteiger partial charge is 0.376 e. The number of ether oxygens (including phenoxy) is 1. The second-order valence-electron chi connectivity index (χ2n) is 4.50. The molecule has 20 heavy (non-hydrogen) atoms. The molecule has 2 aromatic rings. The summed E-state index contributed by atoms with van der Waals surface area (Å²) in [5.74, 6) is 0.851. The Morgan fingerprint density at radius 3 is 2.95 bits per heavy atom. The first kappa shape index (κ1) is 13.3. The SMILES string of the molecule is CNc1nc(-c2ccc(F)cc2Cl)nc2c1COCC2. The maximum absolute atomic E-state index is 13.1. The lowest BCUT2D eigenvalue weighted by Gasteiger charge is -2.19. The van der Waals surface area contributed by atoms with Crippen molar-refractivity contribution in [1.29, 1.82) is 0 Å². The molecule has 0 aliphatic carbocycles. The molecule has 1 aromatic heterocycles. The third-order valence-electron chi connectivity index (χ3n) is 3.23. The van der Waals surface area contributed by atoms with Crippen molar-refractivity contribution in [3.05, 3.63) is 40.3 Å². The Bertz CT molecular complexity index is 646. The number of benzene rings is 1. The Kier molecular flexibility index (Phi) is 3.54. The average molecular weight is 294 g/mol. The maximum atomic E-state index is 13.1. The van der Waals surface area contributed by atoms with E-state index in [-0.39, 0.29) is 5.82 Å². The van der Waals surface area contributed by atoms with E-state index in [0.29, 0.717) is 29.6 Å². The fourth-order valence-electron chi connectivity index (χ4n) is 2.23. The van der Waals surface area contributed by atoms with E-state index in [9.17, 15) is 4.39 Å². The predicted molar refractivity (Wildman–Crippen MR) is 75.3 cm³/mol. The van der Waals surface area contributed by atoms with Crippen LogP contribution in [0.15, 0.2) is 18.2 Å².